The summed E-state index contributed by atoms with van der Waals surface area (Å²) in [5, 5.41) is 4.70. The maximum Gasteiger partial charge on any atom is 0.264 e. The van der Waals surface area contributed by atoms with Crippen LogP contribution in [0.25, 0.3) is 0 Å². The highest BCUT2D eigenvalue weighted by Gasteiger charge is 2.27. The van der Waals surface area contributed by atoms with E-state index in [0.717, 1.165) is 9.87 Å². The van der Waals surface area contributed by atoms with E-state index in [1.165, 1.54) is 42.1 Å². The van der Waals surface area contributed by atoms with Gasteiger partial charge in [0.2, 0.25) is 0 Å². The summed E-state index contributed by atoms with van der Waals surface area (Å²) in [5.41, 5.74) is 4.64. The highest BCUT2D eigenvalue weighted by molar-refractivity contribution is 7.92. The molecule has 6 nitrogen and oxygen atoms in total. The van der Waals surface area contributed by atoms with E-state index in [9.17, 15) is 13.2 Å². The van der Waals surface area contributed by atoms with Gasteiger partial charge in [-0.05, 0) is 59.5 Å². The van der Waals surface area contributed by atoms with Crippen LogP contribution in [0.15, 0.2) is 82.8 Å². The summed E-state index contributed by atoms with van der Waals surface area (Å²) >= 11 is 12.0. The predicted octanol–water partition coefficient (Wildman–Crippen LogP) is 5.46. The van der Waals surface area contributed by atoms with Crippen molar-refractivity contribution in [1.29, 1.82) is 0 Å². The van der Waals surface area contributed by atoms with Crippen molar-refractivity contribution in [3.8, 4) is 0 Å². The number of carbonyl (C=O) groups is 1. The largest absolute Gasteiger partial charge is 0.271 e. The van der Waals surface area contributed by atoms with Gasteiger partial charge in [-0.2, -0.15) is 5.10 Å². The van der Waals surface area contributed by atoms with Gasteiger partial charge in [0.15, 0.2) is 0 Å². The van der Waals surface area contributed by atoms with Gasteiger partial charge in [-0.1, -0.05) is 67.4 Å². The molecule has 0 spiro atoms. The second kappa shape index (κ2) is 10.8. The number of hydrazone groups is 1. The highest BCUT2D eigenvalue weighted by atomic mass is 35.5. The van der Waals surface area contributed by atoms with Crippen LogP contribution in [0.1, 0.15) is 30.9 Å². The van der Waals surface area contributed by atoms with Crippen LogP contribution in [0.3, 0.4) is 0 Å². The highest BCUT2D eigenvalue weighted by Crippen LogP contribution is 2.26. The number of rotatable bonds is 8. The Bertz CT molecular complexity index is 1240. The molecular weight excluding hydrogens is 481 g/mol. The molecule has 9 heteroatoms. The summed E-state index contributed by atoms with van der Waals surface area (Å²) in [6.07, 6.45) is 1.50. The van der Waals surface area contributed by atoms with E-state index in [-0.39, 0.29) is 10.6 Å². The van der Waals surface area contributed by atoms with Crippen molar-refractivity contribution in [2.75, 3.05) is 10.8 Å². The van der Waals surface area contributed by atoms with Crippen LogP contribution < -0.4 is 9.73 Å². The van der Waals surface area contributed by atoms with E-state index in [2.05, 4.69) is 24.4 Å². The van der Waals surface area contributed by atoms with Crippen LogP contribution in [0.4, 0.5) is 5.69 Å². The second-order valence-corrected chi connectivity index (χ2v) is 10.3. The van der Waals surface area contributed by atoms with Gasteiger partial charge in [0, 0.05) is 10.0 Å². The lowest BCUT2D eigenvalue weighted by atomic mass is 10.0. The fourth-order valence-corrected chi connectivity index (χ4v) is 4.72. The predicted molar refractivity (Wildman–Crippen MR) is 134 cm³/mol. The van der Waals surface area contributed by atoms with Gasteiger partial charge in [-0.15, -0.1) is 0 Å². The molecule has 0 aromatic heterocycles. The van der Waals surface area contributed by atoms with Crippen molar-refractivity contribution in [3.05, 3.63) is 94.0 Å². The lowest BCUT2D eigenvalue weighted by Crippen LogP contribution is -2.39. The molecule has 3 aromatic carbocycles. The molecule has 3 rings (SSSR count). The summed E-state index contributed by atoms with van der Waals surface area (Å²) < 4.78 is 27.6. The normalized spacial score (nSPS) is 11.7. The Morgan fingerprint density at radius 3 is 2.27 bits per heavy atom. The zero-order valence-corrected chi connectivity index (χ0v) is 20.4. The van der Waals surface area contributed by atoms with E-state index in [1.54, 1.807) is 18.2 Å². The number of hydrogen-bond donors (Lipinski definition) is 1. The smallest absolute Gasteiger partial charge is 0.264 e. The number of sulfonamides is 1. The quantitative estimate of drug-likeness (QED) is 0.327. The van der Waals surface area contributed by atoms with E-state index in [0.29, 0.717) is 16.0 Å². The number of halogens is 2. The fraction of sp³-hybridized carbons (Fsp3) is 0.167. The van der Waals surface area contributed by atoms with Crippen molar-refractivity contribution < 1.29 is 13.2 Å². The number of benzene rings is 3. The molecule has 0 aliphatic rings. The third kappa shape index (κ3) is 6.57. The zero-order valence-electron chi connectivity index (χ0n) is 18.1. The molecule has 0 unspecified atom stereocenters. The number of nitrogens with one attached hydrogen (secondary N) is 1. The summed E-state index contributed by atoms with van der Waals surface area (Å²) in [7, 11) is -4.07. The first-order valence-electron chi connectivity index (χ1n) is 10.1. The van der Waals surface area contributed by atoms with E-state index >= 15 is 0 Å². The molecule has 0 atom stereocenters. The standard InChI is InChI=1S/C24H23Cl2N3O3S/c1-17(2)19-8-6-18(7-9-19)15-27-28-24(30)16-29(22-5-3-4-21(26)14-22)33(31,32)23-12-10-20(25)11-13-23/h3-15,17H,16H2,1-2H3,(H,28,30)/b27-15-. The van der Waals surface area contributed by atoms with Gasteiger partial charge in [0.05, 0.1) is 16.8 Å². The second-order valence-electron chi connectivity index (χ2n) is 7.56. The van der Waals surface area contributed by atoms with Crippen LogP contribution >= 0.6 is 23.2 Å². The van der Waals surface area contributed by atoms with Crippen LogP contribution in [0.5, 0.6) is 0 Å². The molecular formula is C24H23Cl2N3O3S. The number of hydrogen-bond acceptors (Lipinski definition) is 4. The molecule has 3 aromatic rings. The number of anilines is 1. The number of carbonyl (C=O) groups excluding carboxylic acids is 1. The Hall–Kier alpha value is -2.87. The summed E-state index contributed by atoms with van der Waals surface area (Å²) in [5.74, 6) is -0.196. The van der Waals surface area contributed by atoms with Crippen molar-refractivity contribution >= 4 is 51.0 Å². The molecule has 1 N–H and O–H groups in total. The molecule has 172 valence electrons. The minimum atomic E-state index is -4.07. The van der Waals surface area contributed by atoms with Crippen molar-refractivity contribution in [3.63, 3.8) is 0 Å². The maximum atomic E-state index is 13.3. The molecule has 0 radical (unpaired) electrons. The lowest BCUT2D eigenvalue weighted by molar-refractivity contribution is -0.119. The Morgan fingerprint density at radius 1 is 1.00 bits per heavy atom. The first kappa shape index (κ1) is 24.8. The lowest BCUT2D eigenvalue weighted by Gasteiger charge is -2.23. The molecule has 0 saturated heterocycles. The average Bonchev–Trinajstić information content (AvgIpc) is 2.78. The number of nitrogens with zero attached hydrogens (tertiary/aromatic N) is 2. The van der Waals surface area contributed by atoms with Gasteiger partial charge in [0.1, 0.15) is 6.54 Å². The van der Waals surface area contributed by atoms with Crippen LogP contribution in [-0.2, 0) is 14.8 Å². The van der Waals surface area contributed by atoms with Crippen molar-refractivity contribution in [2.45, 2.75) is 24.7 Å². The average molecular weight is 504 g/mol. The third-order valence-corrected chi connectivity index (χ3v) is 7.07. The van der Waals surface area contributed by atoms with Crippen molar-refractivity contribution in [1.82, 2.24) is 5.43 Å². The molecule has 0 bridgehead atoms. The van der Waals surface area contributed by atoms with Gasteiger partial charge in [-0.3, -0.25) is 9.10 Å². The molecule has 0 saturated carbocycles. The first-order chi connectivity index (χ1) is 15.7. The van der Waals surface area contributed by atoms with Gasteiger partial charge < -0.3 is 0 Å². The van der Waals surface area contributed by atoms with Crippen LogP contribution in [-0.4, -0.2) is 27.1 Å². The molecule has 33 heavy (non-hydrogen) atoms. The van der Waals surface area contributed by atoms with Gasteiger partial charge in [-0.25, -0.2) is 13.8 Å². The molecule has 0 fully saturated rings. The summed E-state index contributed by atoms with van der Waals surface area (Å²) in [4.78, 5) is 12.6. The van der Waals surface area contributed by atoms with Crippen molar-refractivity contribution in [2.24, 2.45) is 5.10 Å². The van der Waals surface area contributed by atoms with Gasteiger partial charge in [0.25, 0.3) is 15.9 Å². The van der Waals surface area contributed by atoms with Gasteiger partial charge >= 0.3 is 0 Å². The van der Waals surface area contributed by atoms with E-state index < -0.39 is 22.5 Å². The monoisotopic (exact) mass is 503 g/mol. The Balaban J connectivity index is 1.80. The zero-order chi connectivity index (χ0) is 24.0. The minimum absolute atomic E-state index is 0.00609. The minimum Gasteiger partial charge on any atom is -0.271 e. The maximum absolute atomic E-state index is 13.3. The summed E-state index contributed by atoms with van der Waals surface area (Å²) in [6.45, 7) is 3.72. The van der Waals surface area contributed by atoms with Crippen LogP contribution in [0, 0.1) is 0 Å². The molecule has 0 aliphatic heterocycles. The van der Waals surface area contributed by atoms with E-state index in [1.807, 2.05) is 24.3 Å². The first-order valence-corrected chi connectivity index (χ1v) is 12.3. The number of amides is 1. The molecule has 0 heterocycles. The fourth-order valence-electron chi connectivity index (χ4n) is 2.99. The Morgan fingerprint density at radius 2 is 1.67 bits per heavy atom. The summed E-state index contributed by atoms with van der Waals surface area (Å²) in [6, 6.07) is 19.8. The third-order valence-electron chi connectivity index (χ3n) is 4.79. The Kier molecular flexibility index (Phi) is 8.13. The van der Waals surface area contributed by atoms with E-state index in [4.69, 9.17) is 23.2 Å². The topological polar surface area (TPSA) is 78.8 Å². The molecule has 0 aliphatic carbocycles. The van der Waals surface area contributed by atoms with Crippen LogP contribution in [0.2, 0.25) is 10.0 Å². The molecule has 1 amide bonds. The Labute approximate surface area is 203 Å². The SMILES string of the molecule is CC(C)c1ccc(/C=N\NC(=O)CN(c2cccc(Cl)c2)S(=O)(=O)c2ccc(Cl)cc2)cc1.